The zero-order valence-corrected chi connectivity index (χ0v) is 15.3. The normalized spacial score (nSPS) is 62.3. The van der Waals surface area contributed by atoms with E-state index in [4.69, 9.17) is 4.74 Å². The summed E-state index contributed by atoms with van der Waals surface area (Å²) < 4.78 is 5.76. The molecule has 2 spiro atoms. The molecule has 3 N–H and O–H groups in total. The van der Waals surface area contributed by atoms with Gasteiger partial charge in [-0.1, -0.05) is 13.3 Å². The molecule has 0 aromatic rings. The van der Waals surface area contributed by atoms with Crippen molar-refractivity contribution in [3.63, 3.8) is 0 Å². The second kappa shape index (κ2) is 4.26. The minimum Gasteiger partial charge on any atom is -0.481 e. The molecule has 0 amide bonds. The number of carboxylic acid groups (broad SMARTS) is 1. The van der Waals surface area contributed by atoms with Crippen LogP contribution in [0, 0.1) is 22.2 Å². The van der Waals surface area contributed by atoms with Crippen LogP contribution in [0.1, 0.15) is 71.6 Å². The van der Waals surface area contributed by atoms with Crippen LogP contribution in [-0.2, 0) is 9.53 Å². The molecule has 1 aliphatic heterocycles. The molecule has 1 unspecified atom stereocenters. The lowest BCUT2D eigenvalue weighted by atomic mass is 9.38. The minimum atomic E-state index is -0.901. The predicted molar refractivity (Wildman–Crippen MR) is 89.9 cm³/mol. The van der Waals surface area contributed by atoms with Crippen molar-refractivity contribution in [1.29, 1.82) is 0 Å². The number of aliphatic hydroxyl groups is 2. The Kier molecular flexibility index (Phi) is 2.81. The highest BCUT2D eigenvalue weighted by molar-refractivity contribution is 5.75. The molecule has 5 heteroatoms. The Labute approximate surface area is 148 Å². The van der Waals surface area contributed by atoms with E-state index in [2.05, 4.69) is 6.92 Å². The van der Waals surface area contributed by atoms with E-state index in [1.807, 2.05) is 6.92 Å². The van der Waals surface area contributed by atoms with Crippen molar-refractivity contribution in [3.05, 3.63) is 0 Å². The number of rotatable bonds is 1. The first kappa shape index (κ1) is 16.5. The molecule has 0 radical (unpaired) electrons. The van der Waals surface area contributed by atoms with Crippen LogP contribution in [-0.4, -0.2) is 44.7 Å². The molecule has 140 valence electrons. The molecular weight excluding hydrogens is 320 g/mol. The Hall–Kier alpha value is -0.650. The fraction of sp³-hybridized carbons (Fsp3) is 0.950. The van der Waals surface area contributed by atoms with Gasteiger partial charge in [0.05, 0.1) is 23.2 Å². The zero-order valence-electron chi connectivity index (χ0n) is 15.3. The average Bonchev–Trinajstić information content (AvgIpc) is 3.26. The Bertz CT molecular complexity index is 654. The third-order valence-corrected chi connectivity index (χ3v) is 9.65. The molecule has 0 aromatic heterocycles. The SMILES string of the molecule is C[C@@]1(C(=O)O)CCC[C@]2(C)C1CC[C@@]13C[C@@](O)(CC[C@]12O)[C@@]1(CO1)C3. The molecule has 4 aliphatic carbocycles. The van der Waals surface area contributed by atoms with Crippen LogP contribution in [0.5, 0.6) is 0 Å². The van der Waals surface area contributed by atoms with Crippen molar-refractivity contribution >= 4 is 5.97 Å². The van der Waals surface area contributed by atoms with Gasteiger partial charge in [-0.15, -0.1) is 0 Å². The topological polar surface area (TPSA) is 90.3 Å². The number of fused-ring (bicyclic) bond motifs is 4. The van der Waals surface area contributed by atoms with Crippen LogP contribution < -0.4 is 0 Å². The monoisotopic (exact) mass is 350 g/mol. The van der Waals surface area contributed by atoms with E-state index in [0.29, 0.717) is 32.3 Å². The van der Waals surface area contributed by atoms with Gasteiger partial charge in [-0.2, -0.15) is 0 Å². The molecule has 5 rings (SSSR count). The number of carbonyl (C=O) groups is 1. The van der Waals surface area contributed by atoms with E-state index < -0.39 is 33.6 Å². The Morgan fingerprint density at radius 1 is 1.04 bits per heavy atom. The number of ether oxygens (including phenoxy) is 1. The molecule has 1 saturated heterocycles. The molecule has 1 heterocycles. The summed E-state index contributed by atoms with van der Waals surface area (Å²) in [6.07, 6.45) is 6.54. The summed E-state index contributed by atoms with van der Waals surface area (Å²) in [6.45, 7) is 4.63. The predicted octanol–water partition coefficient (Wildman–Crippen LogP) is 2.48. The summed E-state index contributed by atoms with van der Waals surface area (Å²) in [5.74, 6) is -0.728. The van der Waals surface area contributed by atoms with Gasteiger partial charge in [0.1, 0.15) is 5.60 Å². The maximum Gasteiger partial charge on any atom is 0.309 e. The molecule has 5 aliphatic rings. The van der Waals surface area contributed by atoms with Gasteiger partial charge in [0.15, 0.2) is 0 Å². The van der Waals surface area contributed by atoms with E-state index in [-0.39, 0.29) is 11.3 Å². The number of carboxylic acids is 1. The lowest BCUT2D eigenvalue weighted by molar-refractivity contribution is -0.270. The lowest BCUT2D eigenvalue weighted by Gasteiger charge is -2.67. The van der Waals surface area contributed by atoms with E-state index >= 15 is 0 Å². The fourth-order valence-electron chi connectivity index (χ4n) is 8.17. The highest BCUT2D eigenvalue weighted by Gasteiger charge is 2.81. The van der Waals surface area contributed by atoms with Crippen LogP contribution in [0.25, 0.3) is 0 Å². The van der Waals surface area contributed by atoms with E-state index in [1.165, 1.54) is 0 Å². The zero-order chi connectivity index (χ0) is 17.9. The standard InChI is InChI=1S/C20H30O5/c1-15(14(21)22)5-3-6-16(2)13(15)4-7-17-10-18(23,8-9-20(16,17)24)19(11-17)12-25-19/h13,23-24H,3-12H2,1-2H3,(H,21,22)/t13?,15-,16-,17+,18+,19+,20-/m1/s1. The van der Waals surface area contributed by atoms with Crippen LogP contribution in [0.4, 0.5) is 0 Å². The first-order valence-corrected chi connectivity index (χ1v) is 9.89. The third-order valence-electron chi connectivity index (χ3n) is 9.65. The van der Waals surface area contributed by atoms with Gasteiger partial charge in [-0.05, 0) is 64.2 Å². The van der Waals surface area contributed by atoms with Crippen molar-refractivity contribution in [2.24, 2.45) is 22.2 Å². The molecular formula is C20H30O5. The molecule has 7 atom stereocenters. The van der Waals surface area contributed by atoms with Crippen molar-refractivity contribution < 1.29 is 24.9 Å². The highest BCUT2D eigenvalue weighted by atomic mass is 16.6. The van der Waals surface area contributed by atoms with Gasteiger partial charge in [0, 0.05) is 10.8 Å². The van der Waals surface area contributed by atoms with E-state index in [1.54, 1.807) is 0 Å². The molecule has 5 fully saturated rings. The summed E-state index contributed by atoms with van der Waals surface area (Å²) in [7, 11) is 0. The highest BCUT2D eigenvalue weighted by Crippen LogP contribution is 2.77. The second-order valence-corrected chi connectivity index (χ2v) is 10.4. The molecule has 25 heavy (non-hydrogen) atoms. The lowest BCUT2D eigenvalue weighted by Crippen LogP contribution is -2.69. The van der Waals surface area contributed by atoms with Crippen LogP contribution in [0.2, 0.25) is 0 Å². The average molecular weight is 350 g/mol. The van der Waals surface area contributed by atoms with Gasteiger partial charge >= 0.3 is 5.97 Å². The van der Waals surface area contributed by atoms with Gasteiger partial charge in [-0.3, -0.25) is 4.79 Å². The van der Waals surface area contributed by atoms with Crippen LogP contribution in [0.3, 0.4) is 0 Å². The summed E-state index contributed by atoms with van der Waals surface area (Å²) in [6, 6.07) is 0. The first-order valence-electron chi connectivity index (χ1n) is 9.89. The van der Waals surface area contributed by atoms with Crippen molar-refractivity contribution in [1.82, 2.24) is 0 Å². The largest absolute Gasteiger partial charge is 0.481 e. The Balaban J connectivity index is 1.62. The number of hydrogen-bond donors (Lipinski definition) is 3. The fourth-order valence-corrected chi connectivity index (χ4v) is 8.17. The Morgan fingerprint density at radius 2 is 1.76 bits per heavy atom. The number of aliphatic carboxylic acids is 1. The second-order valence-electron chi connectivity index (χ2n) is 10.4. The van der Waals surface area contributed by atoms with Gasteiger partial charge < -0.3 is 20.1 Å². The minimum absolute atomic E-state index is 0.00950. The van der Waals surface area contributed by atoms with Crippen molar-refractivity contribution in [2.75, 3.05) is 6.61 Å². The van der Waals surface area contributed by atoms with Gasteiger partial charge in [0.2, 0.25) is 0 Å². The summed E-state index contributed by atoms with van der Waals surface area (Å²) in [4.78, 5) is 12.1. The first-order chi connectivity index (χ1) is 11.6. The maximum absolute atomic E-state index is 12.2. The molecule has 2 bridgehead atoms. The number of epoxide rings is 1. The van der Waals surface area contributed by atoms with E-state index in [0.717, 1.165) is 32.1 Å². The molecule has 5 nitrogen and oxygen atoms in total. The summed E-state index contributed by atoms with van der Waals surface area (Å²) in [5, 5.41) is 33.3. The maximum atomic E-state index is 12.2. The summed E-state index contributed by atoms with van der Waals surface area (Å²) >= 11 is 0. The smallest absolute Gasteiger partial charge is 0.309 e. The number of hydrogen-bond acceptors (Lipinski definition) is 4. The molecule has 4 saturated carbocycles. The molecule has 0 aromatic carbocycles. The third kappa shape index (κ3) is 1.57. The quantitative estimate of drug-likeness (QED) is 0.632. The van der Waals surface area contributed by atoms with Crippen LogP contribution in [0.15, 0.2) is 0 Å². The van der Waals surface area contributed by atoms with Crippen molar-refractivity contribution in [3.8, 4) is 0 Å². The van der Waals surface area contributed by atoms with E-state index in [9.17, 15) is 20.1 Å². The van der Waals surface area contributed by atoms with Gasteiger partial charge in [-0.25, -0.2) is 0 Å². The van der Waals surface area contributed by atoms with Crippen LogP contribution >= 0.6 is 0 Å². The van der Waals surface area contributed by atoms with Crippen molar-refractivity contribution in [2.45, 2.75) is 88.4 Å². The Morgan fingerprint density at radius 3 is 2.40 bits per heavy atom. The summed E-state index contributed by atoms with van der Waals surface area (Å²) in [5.41, 5.74) is -3.62. The van der Waals surface area contributed by atoms with Gasteiger partial charge in [0.25, 0.3) is 0 Å².